The minimum atomic E-state index is 0.0282. The zero-order valence-electron chi connectivity index (χ0n) is 12.2. The van der Waals surface area contributed by atoms with E-state index >= 15 is 0 Å². The quantitative estimate of drug-likeness (QED) is 0.732. The number of aromatic nitrogens is 2. The zero-order chi connectivity index (χ0) is 14.6. The summed E-state index contributed by atoms with van der Waals surface area (Å²) in [5.41, 5.74) is 0.0282. The fraction of sp³-hybridized carbons (Fsp3) is 0.571. The van der Waals surface area contributed by atoms with Gasteiger partial charge in [-0.15, -0.1) is 11.3 Å². The van der Waals surface area contributed by atoms with Crippen LogP contribution >= 0.6 is 11.3 Å². The van der Waals surface area contributed by atoms with Crippen LogP contribution in [-0.4, -0.2) is 34.8 Å². The molecule has 5 nitrogen and oxygen atoms in total. The molecule has 2 heterocycles. The molecular weight excluding hydrogens is 272 g/mol. The number of anilines is 2. The molecule has 0 unspecified atom stereocenters. The lowest BCUT2D eigenvalue weighted by molar-refractivity contribution is 0.220. The highest BCUT2D eigenvalue weighted by Crippen LogP contribution is 2.28. The van der Waals surface area contributed by atoms with E-state index in [-0.39, 0.29) is 12.0 Å². The van der Waals surface area contributed by atoms with E-state index in [2.05, 4.69) is 34.4 Å². The van der Waals surface area contributed by atoms with Crippen molar-refractivity contribution in [2.45, 2.75) is 27.2 Å². The van der Waals surface area contributed by atoms with Crippen molar-refractivity contribution in [1.29, 1.82) is 0 Å². The number of thiophene rings is 1. The lowest BCUT2D eigenvalue weighted by Crippen LogP contribution is -2.24. The molecule has 0 amide bonds. The van der Waals surface area contributed by atoms with E-state index in [0.29, 0.717) is 5.95 Å². The Balaban J connectivity index is 2.21. The third kappa shape index (κ3) is 3.58. The van der Waals surface area contributed by atoms with Gasteiger partial charge in [-0.3, -0.25) is 0 Å². The topological polar surface area (TPSA) is 70.1 Å². The Morgan fingerprint density at radius 2 is 2.10 bits per heavy atom. The minimum Gasteiger partial charge on any atom is -0.396 e. The highest BCUT2D eigenvalue weighted by molar-refractivity contribution is 7.16. The second-order valence-corrected chi connectivity index (χ2v) is 6.45. The number of nitrogens with one attached hydrogen (secondary N) is 2. The van der Waals surface area contributed by atoms with Crippen molar-refractivity contribution in [1.82, 2.24) is 9.97 Å². The highest BCUT2D eigenvalue weighted by atomic mass is 32.1. The molecule has 0 aliphatic carbocycles. The SMILES string of the molecule is CCNc1nc(NCC(C)(C)CCO)c2ccsc2n1. The second-order valence-electron chi connectivity index (χ2n) is 5.56. The first-order valence-corrected chi connectivity index (χ1v) is 7.77. The lowest BCUT2D eigenvalue weighted by atomic mass is 9.90. The van der Waals surface area contributed by atoms with Crippen LogP contribution < -0.4 is 10.6 Å². The van der Waals surface area contributed by atoms with Crippen LogP contribution in [0.5, 0.6) is 0 Å². The van der Waals surface area contributed by atoms with Gasteiger partial charge in [0, 0.05) is 19.7 Å². The Morgan fingerprint density at radius 1 is 1.30 bits per heavy atom. The van der Waals surface area contributed by atoms with Crippen LogP contribution in [0.4, 0.5) is 11.8 Å². The molecule has 0 atom stereocenters. The summed E-state index contributed by atoms with van der Waals surface area (Å²) in [7, 11) is 0. The van der Waals surface area contributed by atoms with Gasteiger partial charge in [-0.1, -0.05) is 13.8 Å². The fourth-order valence-electron chi connectivity index (χ4n) is 1.94. The summed E-state index contributed by atoms with van der Waals surface area (Å²) in [6.07, 6.45) is 0.762. The molecule has 0 bridgehead atoms. The maximum absolute atomic E-state index is 9.09. The van der Waals surface area contributed by atoms with Crippen LogP contribution in [0.25, 0.3) is 10.2 Å². The summed E-state index contributed by atoms with van der Waals surface area (Å²) in [5, 5.41) is 18.7. The molecule has 3 N–H and O–H groups in total. The van der Waals surface area contributed by atoms with Gasteiger partial charge in [0.25, 0.3) is 0 Å². The standard InChI is InChI=1S/C14H22N4OS/c1-4-15-13-17-11(10-5-8-20-12(10)18-13)16-9-14(2,3)6-7-19/h5,8,19H,4,6-7,9H2,1-3H3,(H2,15,16,17,18). The summed E-state index contributed by atoms with van der Waals surface area (Å²) < 4.78 is 0. The van der Waals surface area contributed by atoms with E-state index in [9.17, 15) is 0 Å². The average molecular weight is 294 g/mol. The first kappa shape index (κ1) is 15.0. The molecule has 0 fully saturated rings. The second kappa shape index (κ2) is 6.37. The van der Waals surface area contributed by atoms with Gasteiger partial charge in [0.1, 0.15) is 10.6 Å². The normalized spacial score (nSPS) is 11.8. The number of rotatable bonds is 7. The third-order valence-electron chi connectivity index (χ3n) is 3.18. The van der Waals surface area contributed by atoms with Crippen LogP contribution in [0.1, 0.15) is 27.2 Å². The van der Waals surface area contributed by atoms with E-state index in [1.807, 2.05) is 18.4 Å². The van der Waals surface area contributed by atoms with Gasteiger partial charge in [0.15, 0.2) is 0 Å². The molecule has 0 saturated heterocycles. The summed E-state index contributed by atoms with van der Waals surface area (Å²) >= 11 is 1.61. The molecule has 110 valence electrons. The average Bonchev–Trinajstić information content (AvgIpc) is 2.84. The zero-order valence-corrected chi connectivity index (χ0v) is 13.0. The summed E-state index contributed by atoms with van der Waals surface area (Å²) in [6, 6.07) is 2.04. The maximum atomic E-state index is 9.09. The van der Waals surface area contributed by atoms with E-state index in [4.69, 9.17) is 5.11 Å². The fourth-order valence-corrected chi connectivity index (χ4v) is 2.71. The van der Waals surface area contributed by atoms with Gasteiger partial charge < -0.3 is 15.7 Å². The molecule has 20 heavy (non-hydrogen) atoms. The van der Waals surface area contributed by atoms with Gasteiger partial charge in [0.2, 0.25) is 5.95 Å². The molecule has 0 radical (unpaired) electrons. The Hall–Kier alpha value is -1.40. The molecule has 2 aromatic heterocycles. The van der Waals surface area contributed by atoms with E-state index in [1.165, 1.54) is 0 Å². The molecule has 2 aromatic rings. The number of hydrogen-bond donors (Lipinski definition) is 3. The van der Waals surface area contributed by atoms with Crippen molar-refractivity contribution in [3.63, 3.8) is 0 Å². The summed E-state index contributed by atoms with van der Waals surface area (Å²) in [5.74, 6) is 1.52. The van der Waals surface area contributed by atoms with Crippen LogP contribution in [0, 0.1) is 5.41 Å². The van der Waals surface area contributed by atoms with Crippen LogP contribution in [0.15, 0.2) is 11.4 Å². The number of aliphatic hydroxyl groups is 1. The van der Waals surface area contributed by atoms with Crippen molar-refractivity contribution in [2.75, 3.05) is 30.3 Å². The van der Waals surface area contributed by atoms with Crippen LogP contribution in [0.3, 0.4) is 0 Å². The summed E-state index contributed by atoms with van der Waals surface area (Å²) in [6.45, 7) is 8.06. The van der Waals surface area contributed by atoms with Crippen LogP contribution in [-0.2, 0) is 0 Å². The Bertz CT molecular complexity index is 567. The van der Waals surface area contributed by atoms with Crippen molar-refractivity contribution < 1.29 is 5.11 Å². The number of fused-ring (bicyclic) bond motifs is 1. The predicted molar refractivity (Wildman–Crippen MR) is 85.6 cm³/mol. The minimum absolute atomic E-state index is 0.0282. The largest absolute Gasteiger partial charge is 0.396 e. The van der Waals surface area contributed by atoms with Gasteiger partial charge in [0.05, 0.1) is 5.39 Å². The van der Waals surface area contributed by atoms with Gasteiger partial charge in [-0.05, 0) is 30.2 Å². The molecule has 0 aliphatic rings. The molecule has 0 saturated carbocycles. The Kier molecular flexibility index (Phi) is 4.77. The number of aliphatic hydroxyl groups excluding tert-OH is 1. The lowest BCUT2D eigenvalue weighted by Gasteiger charge is -2.24. The Morgan fingerprint density at radius 3 is 2.80 bits per heavy atom. The first-order chi connectivity index (χ1) is 9.55. The maximum Gasteiger partial charge on any atom is 0.226 e. The monoisotopic (exact) mass is 294 g/mol. The van der Waals surface area contributed by atoms with E-state index < -0.39 is 0 Å². The molecular formula is C14H22N4OS. The highest BCUT2D eigenvalue weighted by Gasteiger charge is 2.18. The van der Waals surface area contributed by atoms with E-state index in [0.717, 1.165) is 35.5 Å². The summed E-state index contributed by atoms with van der Waals surface area (Å²) in [4.78, 5) is 10.0. The smallest absolute Gasteiger partial charge is 0.226 e. The molecule has 0 spiro atoms. The van der Waals surface area contributed by atoms with Crippen molar-refractivity contribution in [2.24, 2.45) is 5.41 Å². The van der Waals surface area contributed by atoms with Gasteiger partial charge in [-0.25, -0.2) is 4.98 Å². The van der Waals surface area contributed by atoms with E-state index in [1.54, 1.807) is 11.3 Å². The van der Waals surface area contributed by atoms with Crippen LogP contribution in [0.2, 0.25) is 0 Å². The molecule has 0 aliphatic heterocycles. The third-order valence-corrected chi connectivity index (χ3v) is 3.99. The van der Waals surface area contributed by atoms with Gasteiger partial charge in [-0.2, -0.15) is 4.98 Å². The van der Waals surface area contributed by atoms with Crippen molar-refractivity contribution in [3.05, 3.63) is 11.4 Å². The van der Waals surface area contributed by atoms with Crippen molar-refractivity contribution >= 4 is 33.3 Å². The molecule has 2 rings (SSSR count). The first-order valence-electron chi connectivity index (χ1n) is 6.89. The number of nitrogens with zero attached hydrogens (tertiary/aromatic N) is 2. The predicted octanol–water partition coefficient (Wildman–Crippen LogP) is 2.94. The van der Waals surface area contributed by atoms with Crippen molar-refractivity contribution in [3.8, 4) is 0 Å². The Labute approximate surface area is 123 Å². The van der Waals surface area contributed by atoms with Gasteiger partial charge >= 0.3 is 0 Å². The number of hydrogen-bond acceptors (Lipinski definition) is 6. The molecule has 0 aromatic carbocycles. The molecule has 6 heteroatoms.